The molecule has 2 aliphatic rings. The molecule has 5 heteroatoms. The van der Waals surface area contributed by atoms with Crippen molar-refractivity contribution in [3.8, 4) is 0 Å². The molecule has 1 nitrogen and oxygen atoms in total. The first-order chi connectivity index (χ1) is 18.7. The molecule has 1 unspecified atom stereocenters. The van der Waals surface area contributed by atoms with Gasteiger partial charge < -0.3 is 4.74 Å². The highest BCUT2D eigenvalue weighted by Crippen LogP contribution is 2.43. The Morgan fingerprint density at radius 3 is 2.00 bits per heavy atom. The zero-order valence-electron chi connectivity index (χ0n) is 24.0. The van der Waals surface area contributed by atoms with Gasteiger partial charge in [-0.1, -0.05) is 76.3 Å². The molecule has 4 rings (SSSR count). The van der Waals surface area contributed by atoms with E-state index < -0.39 is 29.4 Å². The molecule has 2 saturated carbocycles. The van der Waals surface area contributed by atoms with E-state index in [1.165, 1.54) is 69.9 Å². The molecule has 0 bridgehead atoms. The second-order valence-corrected chi connectivity index (χ2v) is 12.1. The summed E-state index contributed by atoms with van der Waals surface area (Å²) in [7, 11) is 0. The van der Waals surface area contributed by atoms with Crippen molar-refractivity contribution in [2.24, 2.45) is 11.8 Å². The van der Waals surface area contributed by atoms with Crippen molar-refractivity contribution in [3.05, 3.63) is 70.3 Å². The SMILES string of the molecule is CCCCCC1CCC(c2ccc(C(C)OC(F)(F)c3ccc(C4CCC(CC)CC4)c(F)c3F)cc2)CC1. The first-order valence-electron chi connectivity index (χ1n) is 15.4. The van der Waals surface area contributed by atoms with E-state index in [0.29, 0.717) is 17.4 Å². The Bertz CT molecular complexity index is 1030. The molecule has 0 spiro atoms. The Hall–Kier alpha value is -1.88. The minimum Gasteiger partial charge on any atom is -0.309 e. The lowest BCUT2D eigenvalue weighted by atomic mass is 9.77. The third-order valence-electron chi connectivity index (χ3n) is 9.55. The highest BCUT2D eigenvalue weighted by molar-refractivity contribution is 5.32. The van der Waals surface area contributed by atoms with Crippen LogP contribution in [-0.4, -0.2) is 0 Å². The molecule has 0 N–H and O–H groups in total. The van der Waals surface area contributed by atoms with Crippen LogP contribution in [0.4, 0.5) is 17.6 Å². The molecule has 2 fully saturated rings. The van der Waals surface area contributed by atoms with Crippen LogP contribution in [0.3, 0.4) is 0 Å². The van der Waals surface area contributed by atoms with Crippen LogP contribution in [-0.2, 0) is 10.8 Å². The smallest absolute Gasteiger partial charge is 0.309 e. The summed E-state index contributed by atoms with van der Waals surface area (Å²) in [5, 5.41) is 0. The van der Waals surface area contributed by atoms with Gasteiger partial charge in [-0.05, 0) is 105 Å². The minimum atomic E-state index is -3.95. The summed E-state index contributed by atoms with van der Waals surface area (Å²) in [5.41, 5.74) is 1.00. The standard InChI is InChI=1S/C34H46F4O/c1-4-6-7-8-25-11-13-27(14-12-25)28-19-17-26(18-20-28)23(3)39-34(37,38)31-22-21-30(32(35)33(31)36)29-15-9-24(5-2)10-16-29/h17-25,27,29H,4-16H2,1-3H3. The fourth-order valence-electron chi connectivity index (χ4n) is 6.85. The number of halogens is 4. The van der Waals surface area contributed by atoms with Crippen molar-refractivity contribution in [1.29, 1.82) is 0 Å². The zero-order chi connectivity index (χ0) is 28.0. The van der Waals surface area contributed by atoms with E-state index >= 15 is 8.78 Å². The highest BCUT2D eigenvalue weighted by Gasteiger charge is 2.40. The summed E-state index contributed by atoms with van der Waals surface area (Å²) in [4.78, 5) is 0. The first-order valence-corrected chi connectivity index (χ1v) is 15.4. The van der Waals surface area contributed by atoms with Crippen LogP contribution in [0.15, 0.2) is 36.4 Å². The van der Waals surface area contributed by atoms with Crippen LogP contribution in [0.2, 0.25) is 0 Å². The van der Waals surface area contributed by atoms with Gasteiger partial charge in [-0.25, -0.2) is 8.78 Å². The Kier molecular flexibility index (Phi) is 10.5. The van der Waals surface area contributed by atoms with Gasteiger partial charge in [0.2, 0.25) is 0 Å². The molecule has 0 aromatic heterocycles. The number of rotatable bonds is 11. The maximum atomic E-state index is 15.1. The summed E-state index contributed by atoms with van der Waals surface area (Å²) >= 11 is 0. The molecular weight excluding hydrogens is 500 g/mol. The predicted molar refractivity (Wildman–Crippen MR) is 150 cm³/mol. The van der Waals surface area contributed by atoms with E-state index in [4.69, 9.17) is 4.74 Å². The highest BCUT2D eigenvalue weighted by atomic mass is 19.3. The largest absolute Gasteiger partial charge is 0.386 e. The average molecular weight is 547 g/mol. The molecule has 2 aromatic rings. The van der Waals surface area contributed by atoms with Crippen LogP contribution in [0.25, 0.3) is 0 Å². The third-order valence-corrected chi connectivity index (χ3v) is 9.55. The van der Waals surface area contributed by atoms with Crippen molar-refractivity contribution in [1.82, 2.24) is 0 Å². The number of hydrogen-bond donors (Lipinski definition) is 0. The van der Waals surface area contributed by atoms with E-state index in [2.05, 4.69) is 13.8 Å². The molecule has 216 valence electrons. The molecule has 0 heterocycles. The third kappa shape index (κ3) is 7.45. The lowest BCUT2D eigenvalue weighted by Gasteiger charge is -2.29. The second-order valence-electron chi connectivity index (χ2n) is 12.1. The maximum absolute atomic E-state index is 15.1. The lowest BCUT2D eigenvalue weighted by molar-refractivity contribution is -0.273. The van der Waals surface area contributed by atoms with E-state index in [0.717, 1.165) is 44.1 Å². The van der Waals surface area contributed by atoms with Crippen molar-refractivity contribution in [3.63, 3.8) is 0 Å². The van der Waals surface area contributed by atoms with Crippen molar-refractivity contribution in [2.45, 2.75) is 128 Å². The van der Waals surface area contributed by atoms with Gasteiger partial charge in [-0.15, -0.1) is 0 Å². The monoisotopic (exact) mass is 546 g/mol. The molecule has 39 heavy (non-hydrogen) atoms. The number of hydrogen-bond acceptors (Lipinski definition) is 1. The van der Waals surface area contributed by atoms with Gasteiger partial charge in [0.25, 0.3) is 0 Å². The van der Waals surface area contributed by atoms with E-state index in [-0.39, 0.29) is 11.5 Å². The van der Waals surface area contributed by atoms with Gasteiger partial charge in [0.1, 0.15) is 0 Å². The maximum Gasteiger partial charge on any atom is 0.386 e. The van der Waals surface area contributed by atoms with Crippen LogP contribution < -0.4 is 0 Å². The van der Waals surface area contributed by atoms with Gasteiger partial charge >= 0.3 is 6.11 Å². The summed E-state index contributed by atoms with van der Waals surface area (Å²) in [6.45, 7) is 5.90. The Morgan fingerprint density at radius 1 is 0.769 bits per heavy atom. The average Bonchev–Trinajstić information content (AvgIpc) is 2.95. The number of alkyl halides is 2. The number of unbranched alkanes of at least 4 members (excludes halogenated alkanes) is 2. The van der Waals surface area contributed by atoms with Crippen molar-refractivity contribution in [2.75, 3.05) is 0 Å². The summed E-state index contributed by atoms with van der Waals surface area (Å²) in [6.07, 6.45) is 9.65. The van der Waals surface area contributed by atoms with Gasteiger partial charge in [0.15, 0.2) is 11.6 Å². The van der Waals surface area contributed by atoms with Gasteiger partial charge in [-0.3, -0.25) is 0 Å². The molecule has 0 radical (unpaired) electrons. The van der Waals surface area contributed by atoms with E-state index in [9.17, 15) is 8.78 Å². The molecule has 2 aromatic carbocycles. The van der Waals surface area contributed by atoms with Gasteiger partial charge in [-0.2, -0.15) is 8.78 Å². The second kappa shape index (κ2) is 13.7. The first kappa shape index (κ1) is 30.1. The predicted octanol–water partition coefficient (Wildman–Crippen LogP) is 11.3. The molecule has 2 aliphatic carbocycles. The molecule has 0 aliphatic heterocycles. The quantitative estimate of drug-likeness (QED) is 0.201. The van der Waals surface area contributed by atoms with Crippen LogP contribution >= 0.6 is 0 Å². The topological polar surface area (TPSA) is 9.23 Å². The Labute approximate surface area is 232 Å². The molecule has 1 atom stereocenters. The minimum absolute atomic E-state index is 0.126. The molecule has 0 amide bonds. The summed E-state index contributed by atoms with van der Waals surface area (Å²) in [6, 6.07) is 10.0. The fourth-order valence-corrected chi connectivity index (χ4v) is 6.85. The van der Waals surface area contributed by atoms with Crippen molar-refractivity contribution >= 4 is 0 Å². The van der Waals surface area contributed by atoms with Crippen molar-refractivity contribution < 1.29 is 22.3 Å². The van der Waals surface area contributed by atoms with Crippen LogP contribution in [0, 0.1) is 23.5 Å². The summed E-state index contributed by atoms with van der Waals surface area (Å²) < 4.78 is 65.2. The molecular formula is C34H46F4O. The number of ether oxygens (including phenoxy) is 1. The molecule has 0 saturated heterocycles. The normalized spacial score (nSPS) is 25.0. The van der Waals surface area contributed by atoms with E-state index in [1.54, 1.807) is 0 Å². The Balaban J connectivity index is 1.36. The van der Waals surface area contributed by atoms with Crippen LogP contribution in [0.1, 0.15) is 144 Å². The fraction of sp³-hybridized carbons (Fsp3) is 0.647. The number of benzene rings is 2. The Morgan fingerprint density at radius 2 is 1.38 bits per heavy atom. The zero-order valence-corrected chi connectivity index (χ0v) is 24.0. The summed E-state index contributed by atoms with van der Waals surface area (Å²) in [5.74, 6) is -0.836. The van der Waals surface area contributed by atoms with Gasteiger partial charge in [0.05, 0.1) is 11.7 Å². The van der Waals surface area contributed by atoms with E-state index in [1.807, 2.05) is 24.3 Å². The van der Waals surface area contributed by atoms with Gasteiger partial charge in [0, 0.05) is 0 Å². The van der Waals surface area contributed by atoms with Crippen LogP contribution in [0.5, 0.6) is 0 Å². The lowest BCUT2D eigenvalue weighted by Crippen LogP contribution is -2.23.